The SMILES string of the molecule is CCOC(=O)c1ccccc1NC(=O)COC(=O)Cc1cccc(C)c1. The normalized spacial score (nSPS) is 10.1. The highest BCUT2D eigenvalue weighted by Crippen LogP contribution is 2.16. The number of carbonyl (C=O) groups excluding carboxylic acids is 3. The number of aryl methyl sites for hydroxylation is 1. The number of carbonyl (C=O) groups is 3. The van der Waals surface area contributed by atoms with E-state index in [1.807, 2.05) is 31.2 Å². The molecular weight excluding hydrogens is 334 g/mol. The minimum absolute atomic E-state index is 0.0916. The first-order valence-electron chi connectivity index (χ1n) is 8.26. The highest BCUT2D eigenvalue weighted by molar-refractivity contribution is 6.01. The first kappa shape index (κ1) is 19.2. The number of rotatable bonds is 7. The molecule has 0 spiro atoms. The molecular formula is C20H21NO5. The Morgan fingerprint density at radius 3 is 2.50 bits per heavy atom. The van der Waals surface area contributed by atoms with Crippen LogP contribution < -0.4 is 5.32 Å². The van der Waals surface area contributed by atoms with Crippen LogP contribution in [-0.4, -0.2) is 31.1 Å². The van der Waals surface area contributed by atoms with Gasteiger partial charge >= 0.3 is 11.9 Å². The summed E-state index contributed by atoms with van der Waals surface area (Å²) in [5.74, 6) is -1.55. The van der Waals surface area contributed by atoms with Crippen molar-refractivity contribution in [3.63, 3.8) is 0 Å². The maximum atomic E-state index is 12.0. The summed E-state index contributed by atoms with van der Waals surface area (Å²) < 4.78 is 9.95. The van der Waals surface area contributed by atoms with E-state index in [0.29, 0.717) is 5.69 Å². The summed E-state index contributed by atoms with van der Waals surface area (Å²) in [6.45, 7) is 3.44. The molecule has 0 heterocycles. The minimum atomic E-state index is -0.528. The van der Waals surface area contributed by atoms with Crippen LogP contribution in [0.3, 0.4) is 0 Å². The summed E-state index contributed by atoms with van der Waals surface area (Å²) in [6.07, 6.45) is 0.0916. The minimum Gasteiger partial charge on any atom is -0.462 e. The molecule has 2 rings (SSSR count). The highest BCUT2D eigenvalue weighted by Gasteiger charge is 2.15. The molecule has 0 aliphatic heterocycles. The van der Waals surface area contributed by atoms with Crippen molar-refractivity contribution in [2.75, 3.05) is 18.5 Å². The maximum absolute atomic E-state index is 12.0. The molecule has 136 valence electrons. The van der Waals surface area contributed by atoms with Gasteiger partial charge in [-0.3, -0.25) is 9.59 Å². The van der Waals surface area contributed by atoms with Gasteiger partial charge in [-0.2, -0.15) is 0 Å². The quantitative estimate of drug-likeness (QED) is 0.772. The molecule has 1 amide bonds. The summed E-state index contributed by atoms with van der Waals surface area (Å²) in [4.78, 5) is 35.8. The van der Waals surface area contributed by atoms with Crippen LogP contribution in [0, 0.1) is 6.92 Å². The number of anilines is 1. The number of nitrogens with one attached hydrogen (secondary N) is 1. The van der Waals surface area contributed by atoms with Crippen molar-refractivity contribution in [2.45, 2.75) is 20.3 Å². The standard InChI is InChI=1S/C20H21NO5/c1-3-25-20(24)16-9-4-5-10-17(16)21-18(22)13-26-19(23)12-15-8-6-7-14(2)11-15/h4-11H,3,12-13H2,1-2H3,(H,21,22). The fraction of sp³-hybridized carbons (Fsp3) is 0.250. The molecule has 0 aliphatic carbocycles. The summed E-state index contributed by atoms with van der Waals surface area (Å²) in [5.41, 5.74) is 2.42. The second-order valence-corrected chi connectivity index (χ2v) is 5.64. The second-order valence-electron chi connectivity index (χ2n) is 5.64. The van der Waals surface area contributed by atoms with Crippen LogP contribution in [0.5, 0.6) is 0 Å². The van der Waals surface area contributed by atoms with Gasteiger partial charge in [-0.25, -0.2) is 4.79 Å². The van der Waals surface area contributed by atoms with Gasteiger partial charge in [-0.1, -0.05) is 42.0 Å². The number of amides is 1. The van der Waals surface area contributed by atoms with E-state index in [4.69, 9.17) is 9.47 Å². The largest absolute Gasteiger partial charge is 0.462 e. The van der Waals surface area contributed by atoms with Crippen molar-refractivity contribution in [3.8, 4) is 0 Å². The molecule has 2 aromatic rings. The number of esters is 2. The van der Waals surface area contributed by atoms with Crippen molar-refractivity contribution in [2.24, 2.45) is 0 Å². The summed E-state index contributed by atoms with van der Waals surface area (Å²) in [6, 6.07) is 14.0. The topological polar surface area (TPSA) is 81.7 Å². The van der Waals surface area contributed by atoms with Gasteiger partial charge in [-0.05, 0) is 31.5 Å². The van der Waals surface area contributed by atoms with E-state index in [1.165, 1.54) is 0 Å². The lowest BCUT2D eigenvalue weighted by Crippen LogP contribution is -2.23. The Bertz CT molecular complexity index is 800. The first-order valence-corrected chi connectivity index (χ1v) is 8.26. The Balaban J connectivity index is 1.89. The monoisotopic (exact) mass is 355 g/mol. The van der Waals surface area contributed by atoms with Crippen LogP contribution in [0.1, 0.15) is 28.4 Å². The van der Waals surface area contributed by atoms with Gasteiger partial charge in [0.25, 0.3) is 5.91 Å². The van der Waals surface area contributed by atoms with Crippen LogP contribution in [-0.2, 0) is 25.5 Å². The third kappa shape index (κ3) is 5.73. The molecule has 2 aromatic carbocycles. The molecule has 0 bridgehead atoms. The molecule has 6 heteroatoms. The Kier molecular flexibility index (Phi) is 6.91. The van der Waals surface area contributed by atoms with Crippen LogP contribution in [0.25, 0.3) is 0 Å². The van der Waals surface area contributed by atoms with Crippen molar-refractivity contribution in [1.82, 2.24) is 0 Å². The van der Waals surface area contributed by atoms with E-state index in [1.54, 1.807) is 31.2 Å². The molecule has 1 N–H and O–H groups in total. The number of para-hydroxylation sites is 1. The van der Waals surface area contributed by atoms with E-state index in [-0.39, 0.29) is 18.6 Å². The predicted molar refractivity (Wildman–Crippen MR) is 96.9 cm³/mol. The highest BCUT2D eigenvalue weighted by atomic mass is 16.5. The lowest BCUT2D eigenvalue weighted by atomic mass is 10.1. The zero-order chi connectivity index (χ0) is 18.9. The van der Waals surface area contributed by atoms with Gasteiger partial charge in [0.15, 0.2) is 6.61 Å². The van der Waals surface area contributed by atoms with Gasteiger partial charge in [0.05, 0.1) is 24.3 Å². The zero-order valence-electron chi connectivity index (χ0n) is 14.8. The average Bonchev–Trinajstić information content (AvgIpc) is 2.61. The Labute approximate surface area is 152 Å². The number of hydrogen-bond acceptors (Lipinski definition) is 5. The van der Waals surface area contributed by atoms with Crippen molar-refractivity contribution in [1.29, 1.82) is 0 Å². The van der Waals surface area contributed by atoms with Crippen molar-refractivity contribution >= 4 is 23.5 Å². The predicted octanol–water partition coefficient (Wildman–Crippen LogP) is 2.90. The van der Waals surface area contributed by atoms with E-state index in [0.717, 1.165) is 11.1 Å². The molecule has 0 saturated carbocycles. The van der Waals surface area contributed by atoms with Crippen LogP contribution in [0.15, 0.2) is 48.5 Å². The molecule has 0 aromatic heterocycles. The Morgan fingerprint density at radius 2 is 1.77 bits per heavy atom. The van der Waals surface area contributed by atoms with E-state index < -0.39 is 24.5 Å². The van der Waals surface area contributed by atoms with Crippen molar-refractivity contribution in [3.05, 3.63) is 65.2 Å². The third-order valence-corrected chi connectivity index (χ3v) is 3.49. The zero-order valence-corrected chi connectivity index (χ0v) is 14.8. The number of benzene rings is 2. The van der Waals surface area contributed by atoms with E-state index >= 15 is 0 Å². The molecule has 6 nitrogen and oxygen atoms in total. The molecule has 0 fully saturated rings. The Morgan fingerprint density at radius 1 is 1.00 bits per heavy atom. The molecule has 0 aliphatic rings. The molecule has 0 atom stereocenters. The van der Waals surface area contributed by atoms with Gasteiger partial charge < -0.3 is 14.8 Å². The van der Waals surface area contributed by atoms with Gasteiger partial charge in [0, 0.05) is 0 Å². The van der Waals surface area contributed by atoms with Crippen LogP contribution in [0.2, 0.25) is 0 Å². The lowest BCUT2D eigenvalue weighted by molar-refractivity contribution is -0.146. The first-order chi connectivity index (χ1) is 12.5. The number of ether oxygens (including phenoxy) is 2. The fourth-order valence-corrected chi connectivity index (χ4v) is 2.35. The Hall–Kier alpha value is -3.15. The van der Waals surface area contributed by atoms with Gasteiger partial charge in [0.1, 0.15) is 0 Å². The number of hydrogen-bond donors (Lipinski definition) is 1. The van der Waals surface area contributed by atoms with E-state index in [2.05, 4.69) is 5.32 Å². The lowest BCUT2D eigenvalue weighted by Gasteiger charge is -2.10. The molecule has 0 radical (unpaired) electrons. The van der Waals surface area contributed by atoms with Crippen molar-refractivity contribution < 1.29 is 23.9 Å². The molecule has 0 unspecified atom stereocenters. The van der Waals surface area contributed by atoms with Crippen LogP contribution in [0.4, 0.5) is 5.69 Å². The summed E-state index contributed by atoms with van der Waals surface area (Å²) >= 11 is 0. The van der Waals surface area contributed by atoms with E-state index in [9.17, 15) is 14.4 Å². The summed E-state index contributed by atoms with van der Waals surface area (Å²) in [5, 5.41) is 2.56. The maximum Gasteiger partial charge on any atom is 0.340 e. The smallest absolute Gasteiger partial charge is 0.340 e. The van der Waals surface area contributed by atoms with Crippen LogP contribution >= 0.6 is 0 Å². The second kappa shape index (κ2) is 9.36. The van der Waals surface area contributed by atoms with Gasteiger partial charge in [-0.15, -0.1) is 0 Å². The summed E-state index contributed by atoms with van der Waals surface area (Å²) in [7, 11) is 0. The van der Waals surface area contributed by atoms with Gasteiger partial charge in [0.2, 0.25) is 0 Å². The molecule has 26 heavy (non-hydrogen) atoms. The third-order valence-electron chi connectivity index (χ3n) is 3.49. The average molecular weight is 355 g/mol. The molecule has 0 saturated heterocycles. The fourth-order valence-electron chi connectivity index (χ4n) is 2.35.